The maximum Gasteiger partial charge on any atom is 0.416 e. The molecule has 5 nitrogen and oxygen atoms in total. The molecule has 0 saturated carbocycles. The zero-order chi connectivity index (χ0) is 19.2. The predicted octanol–water partition coefficient (Wildman–Crippen LogP) is 2.74. The molecule has 2 heterocycles. The third kappa shape index (κ3) is 3.59. The molecule has 0 aromatic heterocycles. The van der Waals surface area contributed by atoms with Gasteiger partial charge in [0.2, 0.25) is 10.0 Å². The third-order valence-electron chi connectivity index (χ3n) is 5.21. The van der Waals surface area contributed by atoms with E-state index in [1.807, 2.05) is 0 Å². The summed E-state index contributed by atoms with van der Waals surface area (Å²) in [5, 5.41) is 0. The summed E-state index contributed by atoms with van der Waals surface area (Å²) in [7, 11) is -3.40. The number of nitrogens with zero attached hydrogens (tertiary/aromatic N) is 2. The smallest absolute Gasteiger partial charge is 0.337 e. The second kappa shape index (κ2) is 6.53. The van der Waals surface area contributed by atoms with Gasteiger partial charge in [0.05, 0.1) is 17.4 Å². The molecule has 3 rings (SSSR count). The Kier molecular flexibility index (Phi) is 4.81. The van der Waals surface area contributed by atoms with E-state index in [-0.39, 0.29) is 12.1 Å². The van der Waals surface area contributed by atoms with Crippen LogP contribution in [0.4, 0.5) is 13.2 Å². The van der Waals surface area contributed by atoms with Crippen molar-refractivity contribution in [3.05, 3.63) is 35.4 Å². The topological polar surface area (TPSA) is 57.7 Å². The molecular weight excluding hydrogens is 369 g/mol. The number of amides is 1. The number of rotatable bonds is 2. The second-order valence-corrected chi connectivity index (χ2v) is 8.98. The van der Waals surface area contributed by atoms with Crippen molar-refractivity contribution >= 4 is 15.9 Å². The molecular formula is C17H21F3N2O3S. The van der Waals surface area contributed by atoms with Crippen LogP contribution in [0.1, 0.15) is 41.6 Å². The fourth-order valence-electron chi connectivity index (χ4n) is 4.14. The molecule has 144 valence electrons. The average Bonchev–Trinajstić information content (AvgIpc) is 2.96. The number of halogens is 3. The Morgan fingerprint density at radius 3 is 2.42 bits per heavy atom. The molecule has 1 amide bonds. The molecule has 1 aromatic carbocycles. The molecule has 9 heteroatoms. The van der Waals surface area contributed by atoms with E-state index in [1.165, 1.54) is 21.3 Å². The summed E-state index contributed by atoms with van der Waals surface area (Å²) in [6, 6.07) is 4.36. The lowest BCUT2D eigenvalue weighted by Crippen LogP contribution is -2.58. The average molecular weight is 390 g/mol. The minimum absolute atomic E-state index is 0.0271. The summed E-state index contributed by atoms with van der Waals surface area (Å²) < 4.78 is 64.4. The molecule has 0 bridgehead atoms. The number of hydrogen-bond donors (Lipinski definition) is 0. The fourth-order valence-corrected chi connectivity index (χ4v) is 5.54. The van der Waals surface area contributed by atoms with Gasteiger partial charge in [-0.1, -0.05) is 6.07 Å². The normalized spacial score (nSPS) is 25.0. The van der Waals surface area contributed by atoms with E-state index in [1.54, 1.807) is 0 Å². The van der Waals surface area contributed by atoms with Crippen LogP contribution < -0.4 is 0 Å². The van der Waals surface area contributed by atoms with Crippen LogP contribution in [0.2, 0.25) is 0 Å². The SMILES string of the molecule is CS(=O)(=O)N1CCC[C@@]12CCCN(C(=O)c1cccc(C(F)(F)F)c1)C2. The molecule has 2 fully saturated rings. The van der Waals surface area contributed by atoms with Gasteiger partial charge in [-0.25, -0.2) is 8.42 Å². The van der Waals surface area contributed by atoms with Crippen LogP contribution in [-0.2, 0) is 16.2 Å². The van der Waals surface area contributed by atoms with Gasteiger partial charge in [-0.15, -0.1) is 0 Å². The highest BCUT2D eigenvalue weighted by Gasteiger charge is 2.48. The molecule has 26 heavy (non-hydrogen) atoms. The maximum absolute atomic E-state index is 12.9. The van der Waals surface area contributed by atoms with Crippen molar-refractivity contribution in [1.29, 1.82) is 0 Å². The number of alkyl halides is 3. The minimum Gasteiger partial charge on any atom is -0.337 e. The summed E-state index contributed by atoms with van der Waals surface area (Å²) in [4.78, 5) is 14.3. The molecule has 1 aromatic rings. The largest absolute Gasteiger partial charge is 0.416 e. The Bertz CT molecular complexity index is 810. The highest BCUT2D eigenvalue weighted by atomic mass is 32.2. The van der Waals surface area contributed by atoms with Crippen LogP contribution in [-0.4, -0.2) is 55.0 Å². The van der Waals surface area contributed by atoms with Crippen LogP contribution in [0, 0.1) is 0 Å². The van der Waals surface area contributed by atoms with E-state index in [0.29, 0.717) is 32.4 Å². The quantitative estimate of drug-likeness (QED) is 0.780. The Hall–Kier alpha value is -1.61. The molecule has 0 radical (unpaired) electrons. The van der Waals surface area contributed by atoms with Crippen LogP contribution in [0.5, 0.6) is 0 Å². The van der Waals surface area contributed by atoms with Gasteiger partial charge >= 0.3 is 6.18 Å². The molecule has 1 atom stereocenters. The van der Waals surface area contributed by atoms with Gasteiger partial charge < -0.3 is 4.90 Å². The summed E-state index contributed by atoms with van der Waals surface area (Å²) in [5.74, 6) is -0.490. The van der Waals surface area contributed by atoms with Crippen molar-refractivity contribution in [3.63, 3.8) is 0 Å². The van der Waals surface area contributed by atoms with Crippen LogP contribution in [0.15, 0.2) is 24.3 Å². The van der Waals surface area contributed by atoms with Crippen LogP contribution in [0.25, 0.3) is 0 Å². The first-order valence-corrected chi connectivity index (χ1v) is 10.3. The monoisotopic (exact) mass is 390 g/mol. The van der Waals surface area contributed by atoms with Crippen LogP contribution in [0.3, 0.4) is 0 Å². The number of carbonyl (C=O) groups is 1. The lowest BCUT2D eigenvalue weighted by atomic mass is 9.87. The highest BCUT2D eigenvalue weighted by Crippen LogP contribution is 2.39. The van der Waals surface area contributed by atoms with Gasteiger partial charge in [0.15, 0.2) is 0 Å². The Labute approximate surface area is 150 Å². The van der Waals surface area contributed by atoms with E-state index in [4.69, 9.17) is 0 Å². The Morgan fingerprint density at radius 1 is 1.15 bits per heavy atom. The first-order chi connectivity index (χ1) is 12.0. The lowest BCUT2D eigenvalue weighted by Gasteiger charge is -2.44. The third-order valence-corrected chi connectivity index (χ3v) is 6.58. The zero-order valence-corrected chi connectivity index (χ0v) is 15.2. The molecule has 1 spiro atoms. The molecule has 0 N–H and O–H groups in total. The fraction of sp³-hybridized carbons (Fsp3) is 0.588. The summed E-state index contributed by atoms with van der Waals surface area (Å²) in [5.41, 5.74) is -1.53. The molecule has 0 unspecified atom stereocenters. The van der Waals surface area contributed by atoms with Crippen molar-refractivity contribution in [2.75, 3.05) is 25.9 Å². The summed E-state index contributed by atoms with van der Waals surface area (Å²) in [6.45, 7) is 1.05. The number of piperidine rings is 1. The van der Waals surface area contributed by atoms with Gasteiger partial charge in [-0.05, 0) is 43.9 Å². The van der Waals surface area contributed by atoms with Gasteiger partial charge in [-0.3, -0.25) is 4.79 Å². The van der Waals surface area contributed by atoms with Crippen molar-refractivity contribution in [2.24, 2.45) is 0 Å². The second-order valence-electron chi connectivity index (χ2n) is 7.07. The van der Waals surface area contributed by atoms with Gasteiger partial charge in [0.1, 0.15) is 0 Å². The first kappa shape index (κ1) is 19.2. The number of benzene rings is 1. The van der Waals surface area contributed by atoms with E-state index >= 15 is 0 Å². The molecule has 2 aliphatic heterocycles. The molecule has 2 aliphatic rings. The predicted molar refractivity (Wildman–Crippen MR) is 90.1 cm³/mol. The van der Waals surface area contributed by atoms with E-state index in [2.05, 4.69) is 0 Å². The van der Waals surface area contributed by atoms with Gasteiger partial charge in [0, 0.05) is 25.2 Å². The van der Waals surface area contributed by atoms with Crippen molar-refractivity contribution in [2.45, 2.75) is 37.4 Å². The minimum atomic E-state index is -4.52. The number of likely N-dealkylation sites (tertiary alicyclic amines) is 1. The molecule has 0 aliphatic carbocycles. The molecule has 2 saturated heterocycles. The highest BCUT2D eigenvalue weighted by molar-refractivity contribution is 7.88. The van der Waals surface area contributed by atoms with E-state index in [9.17, 15) is 26.4 Å². The van der Waals surface area contributed by atoms with E-state index < -0.39 is 33.2 Å². The van der Waals surface area contributed by atoms with Crippen molar-refractivity contribution in [3.8, 4) is 0 Å². The Balaban J connectivity index is 1.85. The number of hydrogen-bond acceptors (Lipinski definition) is 3. The van der Waals surface area contributed by atoms with Gasteiger partial charge in [0.25, 0.3) is 5.91 Å². The Morgan fingerprint density at radius 2 is 1.81 bits per heavy atom. The standard InChI is InChI=1S/C17H21F3N2O3S/c1-26(24,25)22-10-4-8-16(22)7-3-9-21(12-16)15(23)13-5-2-6-14(11-13)17(18,19)20/h2,5-6,11H,3-4,7-10,12H2,1H3/t16-/m1/s1. The zero-order valence-electron chi connectivity index (χ0n) is 14.4. The maximum atomic E-state index is 12.9. The number of sulfonamides is 1. The number of carbonyl (C=O) groups excluding carboxylic acids is 1. The first-order valence-electron chi connectivity index (χ1n) is 8.47. The van der Waals surface area contributed by atoms with Crippen molar-refractivity contribution in [1.82, 2.24) is 9.21 Å². The lowest BCUT2D eigenvalue weighted by molar-refractivity contribution is -0.137. The van der Waals surface area contributed by atoms with Crippen LogP contribution >= 0.6 is 0 Å². The van der Waals surface area contributed by atoms with Gasteiger partial charge in [-0.2, -0.15) is 17.5 Å². The summed E-state index contributed by atoms with van der Waals surface area (Å²) in [6.07, 6.45) is -0.695. The van der Waals surface area contributed by atoms with E-state index in [0.717, 1.165) is 24.8 Å². The summed E-state index contributed by atoms with van der Waals surface area (Å²) >= 11 is 0. The van der Waals surface area contributed by atoms with Crippen molar-refractivity contribution < 1.29 is 26.4 Å².